The standard InChI is InChI=1S/C16H16ClN/c17-16-7-2-1-4-14(16)11-18-15-9-8-12-5-3-6-13(12)10-15/h1-2,4,7-10,18H,3,5-6,11H2. The van der Waals surface area contributed by atoms with E-state index in [0.29, 0.717) is 0 Å². The molecule has 1 aliphatic rings. The van der Waals surface area contributed by atoms with Crippen LogP contribution in [0.25, 0.3) is 0 Å². The summed E-state index contributed by atoms with van der Waals surface area (Å²) in [5.41, 5.74) is 5.34. The lowest BCUT2D eigenvalue weighted by Crippen LogP contribution is -2.00. The zero-order valence-corrected chi connectivity index (χ0v) is 11.0. The van der Waals surface area contributed by atoms with Crippen molar-refractivity contribution in [2.24, 2.45) is 0 Å². The first-order chi connectivity index (χ1) is 8.83. The average Bonchev–Trinajstić information content (AvgIpc) is 2.85. The van der Waals surface area contributed by atoms with E-state index >= 15 is 0 Å². The summed E-state index contributed by atoms with van der Waals surface area (Å²) in [6.45, 7) is 0.776. The normalized spacial score (nSPS) is 13.4. The molecule has 2 aromatic carbocycles. The molecule has 0 aromatic heterocycles. The van der Waals surface area contributed by atoms with Crippen LogP contribution in [0.15, 0.2) is 42.5 Å². The molecule has 0 amide bonds. The summed E-state index contributed by atoms with van der Waals surface area (Å²) < 4.78 is 0. The minimum absolute atomic E-state index is 0.776. The summed E-state index contributed by atoms with van der Waals surface area (Å²) in [7, 11) is 0. The molecule has 1 aliphatic carbocycles. The molecular formula is C16H16ClN. The van der Waals surface area contributed by atoms with Crippen LogP contribution < -0.4 is 5.32 Å². The molecule has 1 nitrogen and oxygen atoms in total. The van der Waals surface area contributed by atoms with Gasteiger partial charge in [-0.1, -0.05) is 35.9 Å². The Kier molecular flexibility index (Phi) is 3.24. The third kappa shape index (κ3) is 2.37. The molecule has 0 saturated carbocycles. The van der Waals surface area contributed by atoms with E-state index in [4.69, 9.17) is 11.6 Å². The van der Waals surface area contributed by atoms with Crippen LogP contribution in [-0.2, 0) is 19.4 Å². The largest absolute Gasteiger partial charge is 0.381 e. The van der Waals surface area contributed by atoms with Crippen LogP contribution in [0.5, 0.6) is 0 Å². The second-order valence-corrected chi connectivity index (χ2v) is 5.19. The monoisotopic (exact) mass is 257 g/mol. The van der Waals surface area contributed by atoms with Crippen molar-refractivity contribution in [3.63, 3.8) is 0 Å². The zero-order valence-electron chi connectivity index (χ0n) is 10.2. The minimum atomic E-state index is 0.776. The van der Waals surface area contributed by atoms with E-state index in [1.165, 1.54) is 36.1 Å². The quantitative estimate of drug-likeness (QED) is 0.857. The molecule has 0 unspecified atom stereocenters. The lowest BCUT2D eigenvalue weighted by Gasteiger charge is -2.09. The molecule has 0 spiro atoms. The number of fused-ring (bicyclic) bond motifs is 1. The van der Waals surface area contributed by atoms with Crippen molar-refractivity contribution in [2.45, 2.75) is 25.8 Å². The Labute approximate surface area is 113 Å². The molecule has 92 valence electrons. The number of hydrogen-bond acceptors (Lipinski definition) is 1. The van der Waals surface area contributed by atoms with Crippen molar-refractivity contribution in [1.82, 2.24) is 0 Å². The molecule has 0 saturated heterocycles. The van der Waals surface area contributed by atoms with E-state index in [0.717, 1.165) is 17.1 Å². The van der Waals surface area contributed by atoms with Crippen molar-refractivity contribution in [1.29, 1.82) is 0 Å². The Hall–Kier alpha value is -1.47. The number of hydrogen-bond donors (Lipinski definition) is 1. The molecule has 3 rings (SSSR count). The second kappa shape index (κ2) is 5.03. The van der Waals surface area contributed by atoms with Crippen LogP contribution in [0, 0.1) is 0 Å². The molecule has 1 N–H and O–H groups in total. The minimum Gasteiger partial charge on any atom is -0.381 e. The first-order valence-electron chi connectivity index (χ1n) is 6.42. The maximum absolute atomic E-state index is 6.14. The molecule has 0 heterocycles. The molecule has 2 heteroatoms. The molecule has 0 bridgehead atoms. The van der Waals surface area contributed by atoms with Gasteiger partial charge in [0.2, 0.25) is 0 Å². The predicted molar refractivity (Wildman–Crippen MR) is 77.2 cm³/mol. The molecule has 0 atom stereocenters. The number of nitrogens with one attached hydrogen (secondary N) is 1. The van der Waals surface area contributed by atoms with Crippen LogP contribution >= 0.6 is 11.6 Å². The lowest BCUT2D eigenvalue weighted by molar-refractivity contribution is 0.912. The van der Waals surface area contributed by atoms with Crippen molar-refractivity contribution >= 4 is 17.3 Å². The molecule has 0 aliphatic heterocycles. The van der Waals surface area contributed by atoms with E-state index in [-0.39, 0.29) is 0 Å². The van der Waals surface area contributed by atoms with Crippen LogP contribution in [0.2, 0.25) is 5.02 Å². The van der Waals surface area contributed by atoms with E-state index in [1.54, 1.807) is 0 Å². The van der Waals surface area contributed by atoms with Gasteiger partial charge in [-0.3, -0.25) is 0 Å². The van der Waals surface area contributed by atoms with Gasteiger partial charge in [-0.05, 0) is 54.2 Å². The third-order valence-corrected chi connectivity index (χ3v) is 3.91. The molecule has 0 fully saturated rings. The summed E-state index contributed by atoms with van der Waals surface area (Å²) in [6, 6.07) is 14.7. The fourth-order valence-corrected chi connectivity index (χ4v) is 2.72. The summed E-state index contributed by atoms with van der Waals surface area (Å²) in [6.07, 6.45) is 3.75. The Morgan fingerprint density at radius 2 is 1.83 bits per heavy atom. The predicted octanol–water partition coefficient (Wildman–Crippen LogP) is 4.44. The van der Waals surface area contributed by atoms with Crippen LogP contribution in [0.3, 0.4) is 0 Å². The fourth-order valence-electron chi connectivity index (χ4n) is 2.52. The van der Waals surface area contributed by atoms with E-state index in [9.17, 15) is 0 Å². The summed E-state index contributed by atoms with van der Waals surface area (Å²) in [5, 5.41) is 4.27. The van der Waals surface area contributed by atoms with E-state index in [1.807, 2.05) is 18.2 Å². The Bertz CT molecular complexity index is 563. The van der Waals surface area contributed by atoms with Gasteiger partial charge in [0.25, 0.3) is 0 Å². The maximum Gasteiger partial charge on any atom is 0.0455 e. The number of aryl methyl sites for hydroxylation is 2. The lowest BCUT2D eigenvalue weighted by atomic mass is 10.1. The van der Waals surface area contributed by atoms with Crippen LogP contribution in [-0.4, -0.2) is 0 Å². The van der Waals surface area contributed by atoms with Crippen LogP contribution in [0.1, 0.15) is 23.1 Å². The third-order valence-electron chi connectivity index (χ3n) is 3.54. The first-order valence-corrected chi connectivity index (χ1v) is 6.80. The second-order valence-electron chi connectivity index (χ2n) is 4.78. The van der Waals surface area contributed by atoms with Crippen molar-refractivity contribution in [2.75, 3.05) is 5.32 Å². The van der Waals surface area contributed by atoms with Gasteiger partial charge in [0.05, 0.1) is 0 Å². The van der Waals surface area contributed by atoms with Gasteiger partial charge in [0.15, 0.2) is 0 Å². The van der Waals surface area contributed by atoms with Crippen molar-refractivity contribution < 1.29 is 0 Å². The molecular weight excluding hydrogens is 242 g/mol. The smallest absolute Gasteiger partial charge is 0.0455 e. The van der Waals surface area contributed by atoms with Crippen molar-refractivity contribution in [3.05, 3.63) is 64.2 Å². The number of benzene rings is 2. The topological polar surface area (TPSA) is 12.0 Å². The number of anilines is 1. The van der Waals surface area contributed by atoms with Gasteiger partial charge in [-0.15, -0.1) is 0 Å². The average molecular weight is 258 g/mol. The van der Waals surface area contributed by atoms with Crippen LogP contribution in [0.4, 0.5) is 5.69 Å². The maximum atomic E-state index is 6.14. The SMILES string of the molecule is Clc1ccccc1CNc1ccc2c(c1)CCC2. The molecule has 0 radical (unpaired) electrons. The van der Waals surface area contributed by atoms with Gasteiger partial charge in [0.1, 0.15) is 0 Å². The highest BCUT2D eigenvalue weighted by atomic mass is 35.5. The fraction of sp³-hybridized carbons (Fsp3) is 0.250. The van der Waals surface area contributed by atoms with Gasteiger partial charge in [-0.2, -0.15) is 0 Å². The Balaban J connectivity index is 1.72. The zero-order chi connectivity index (χ0) is 12.4. The number of halogens is 1. The number of rotatable bonds is 3. The van der Waals surface area contributed by atoms with Gasteiger partial charge < -0.3 is 5.32 Å². The summed E-state index contributed by atoms with van der Waals surface area (Å²) >= 11 is 6.14. The summed E-state index contributed by atoms with van der Waals surface area (Å²) in [5.74, 6) is 0. The van der Waals surface area contributed by atoms with E-state index in [2.05, 4.69) is 29.6 Å². The van der Waals surface area contributed by atoms with Crippen molar-refractivity contribution in [3.8, 4) is 0 Å². The summed E-state index contributed by atoms with van der Waals surface area (Å²) in [4.78, 5) is 0. The Morgan fingerprint density at radius 3 is 2.72 bits per heavy atom. The first kappa shape index (κ1) is 11.6. The molecule has 18 heavy (non-hydrogen) atoms. The van der Waals surface area contributed by atoms with Gasteiger partial charge >= 0.3 is 0 Å². The molecule has 2 aromatic rings. The van der Waals surface area contributed by atoms with Gasteiger partial charge in [0, 0.05) is 17.3 Å². The highest BCUT2D eigenvalue weighted by Crippen LogP contribution is 2.25. The highest BCUT2D eigenvalue weighted by Gasteiger charge is 2.10. The Morgan fingerprint density at radius 1 is 1.00 bits per heavy atom. The van der Waals surface area contributed by atoms with Gasteiger partial charge in [-0.25, -0.2) is 0 Å². The van der Waals surface area contributed by atoms with E-state index < -0.39 is 0 Å². The highest BCUT2D eigenvalue weighted by molar-refractivity contribution is 6.31.